The molecule has 1 aromatic rings. The van der Waals surface area contributed by atoms with Crippen LogP contribution in [0.1, 0.15) is 39.3 Å². The number of rotatable bonds is 3. The maximum Gasteiger partial charge on any atom is 0.136 e. The zero-order chi connectivity index (χ0) is 13.2. The van der Waals surface area contributed by atoms with Crippen LogP contribution in [0.15, 0.2) is 18.2 Å². The van der Waals surface area contributed by atoms with Crippen LogP contribution in [0.4, 0.5) is 8.78 Å². The molecule has 2 atom stereocenters. The largest absolute Gasteiger partial charge is 0.598 e. The maximum atomic E-state index is 13.0. The Kier molecular flexibility index (Phi) is 4.52. The standard InChI is InChI=1S/C12H17F2NOS/c1-8(15-17(16)12(2,3)4)9-5-10(13)7-11(14)6-9/h5-8,15H,1-4H3/t8-,17+/m0/s1. The Morgan fingerprint density at radius 3 is 2.06 bits per heavy atom. The zero-order valence-corrected chi connectivity index (χ0v) is 11.2. The van der Waals surface area contributed by atoms with E-state index in [1.807, 2.05) is 20.8 Å². The van der Waals surface area contributed by atoms with Gasteiger partial charge in [-0.2, -0.15) is 0 Å². The molecule has 1 aromatic carbocycles. The average molecular weight is 261 g/mol. The molecular formula is C12H17F2NOS. The van der Waals surface area contributed by atoms with Gasteiger partial charge in [-0.3, -0.25) is 0 Å². The topological polar surface area (TPSA) is 35.1 Å². The highest BCUT2D eigenvalue weighted by Gasteiger charge is 2.28. The molecule has 0 radical (unpaired) electrons. The summed E-state index contributed by atoms with van der Waals surface area (Å²) < 4.78 is 40.3. The molecule has 0 heterocycles. The Morgan fingerprint density at radius 1 is 1.18 bits per heavy atom. The lowest BCUT2D eigenvalue weighted by molar-refractivity contribution is 0.527. The molecule has 0 aliphatic carbocycles. The average Bonchev–Trinajstić information content (AvgIpc) is 2.14. The van der Waals surface area contributed by atoms with Gasteiger partial charge in [-0.25, -0.2) is 8.78 Å². The minimum absolute atomic E-state index is 0.375. The summed E-state index contributed by atoms with van der Waals surface area (Å²) in [5.41, 5.74) is 0.445. The van der Waals surface area contributed by atoms with Gasteiger partial charge in [0, 0.05) is 17.4 Å². The van der Waals surface area contributed by atoms with Crippen molar-refractivity contribution in [2.24, 2.45) is 0 Å². The first kappa shape index (κ1) is 14.4. The van der Waals surface area contributed by atoms with Gasteiger partial charge in [-0.15, -0.1) is 4.72 Å². The molecule has 0 spiro atoms. The predicted octanol–water partition coefficient (Wildman–Crippen LogP) is 3.08. The van der Waals surface area contributed by atoms with Crippen molar-refractivity contribution in [2.75, 3.05) is 0 Å². The molecule has 0 saturated heterocycles. The van der Waals surface area contributed by atoms with E-state index < -0.39 is 27.7 Å². The highest BCUT2D eigenvalue weighted by Crippen LogP contribution is 2.20. The van der Waals surface area contributed by atoms with Crippen molar-refractivity contribution in [3.05, 3.63) is 35.4 Å². The summed E-state index contributed by atoms with van der Waals surface area (Å²) >= 11 is -1.28. The lowest BCUT2D eigenvalue weighted by Crippen LogP contribution is -2.40. The van der Waals surface area contributed by atoms with Gasteiger partial charge >= 0.3 is 0 Å². The van der Waals surface area contributed by atoms with Crippen LogP contribution in [-0.4, -0.2) is 9.30 Å². The summed E-state index contributed by atoms with van der Waals surface area (Å²) in [4.78, 5) is 0. The third-order valence-corrected chi connectivity index (χ3v) is 3.90. The van der Waals surface area contributed by atoms with Gasteiger partial charge in [0.1, 0.15) is 16.4 Å². The van der Waals surface area contributed by atoms with Crippen LogP contribution in [-0.2, 0) is 11.4 Å². The van der Waals surface area contributed by atoms with Gasteiger partial charge in [-0.1, -0.05) is 0 Å². The summed E-state index contributed by atoms with van der Waals surface area (Å²) in [5.74, 6) is -1.26. The Hall–Kier alpha value is -0.650. The second kappa shape index (κ2) is 5.33. The third-order valence-electron chi connectivity index (χ3n) is 2.22. The van der Waals surface area contributed by atoms with Crippen LogP contribution in [0, 0.1) is 11.6 Å². The lowest BCUT2D eigenvalue weighted by atomic mass is 10.1. The first-order valence-electron chi connectivity index (χ1n) is 5.34. The monoisotopic (exact) mass is 261 g/mol. The van der Waals surface area contributed by atoms with Crippen LogP contribution in [0.2, 0.25) is 0 Å². The van der Waals surface area contributed by atoms with Gasteiger partial charge in [0.05, 0.1) is 6.04 Å². The number of benzene rings is 1. The van der Waals surface area contributed by atoms with E-state index in [9.17, 15) is 13.3 Å². The summed E-state index contributed by atoms with van der Waals surface area (Å²) in [6.45, 7) is 7.21. The molecule has 0 fully saturated rings. The Labute approximate surface area is 104 Å². The number of hydrogen-bond acceptors (Lipinski definition) is 2. The summed E-state index contributed by atoms with van der Waals surface area (Å²) in [7, 11) is 0. The van der Waals surface area contributed by atoms with E-state index in [1.54, 1.807) is 6.92 Å². The van der Waals surface area contributed by atoms with Crippen LogP contribution in [0.25, 0.3) is 0 Å². The van der Waals surface area contributed by atoms with E-state index in [4.69, 9.17) is 0 Å². The predicted molar refractivity (Wildman–Crippen MR) is 65.8 cm³/mol. The van der Waals surface area contributed by atoms with E-state index in [2.05, 4.69) is 4.72 Å². The molecule has 1 rings (SSSR count). The van der Waals surface area contributed by atoms with Crippen LogP contribution in [0.5, 0.6) is 0 Å². The van der Waals surface area contributed by atoms with Gasteiger partial charge in [-0.05, 0) is 45.4 Å². The van der Waals surface area contributed by atoms with Crippen molar-refractivity contribution in [3.8, 4) is 0 Å². The minimum atomic E-state index is -1.28. The van der Waals surface area contributed by atoms with Crippen LogP contribution < -0.4 is 4.72 Å². The molecular weight excluding hydrogens is 244 g/mol. The van der Waals surface area contributed by atoms with Crippen LogP contribution in [0.3, 0.4) is 0 Å². The maximum absolute atomic E-state index is 13.0. The fraction of sp³-hybridized carbons (Fsp3) is 0.500. The molecule has 0 aliphatic heterocycles. The first-order chi connectivity index (χ1) is 7.70. The highest BCUT2D eigenvalue weighted by molar-refractivity contribution is 7.90. The smallest absolute Gasteiger partial charge is 0.136 e. The minimum Gasteiger partial charge on any atom is -0.598 e. The fourth-order valence-electron chi connectivity index (χ4n) is 1.23. The fourth-order valence-corrected chi connectivity index (χ4v) is 2.04. The Balaban J connectivity index is 2.79. The van der Waals surface area contributed by atoms with Crippen molar-refractivity contribution in [2.45, 2.75) is 38.5 Å². The van der Waals surface area contributed by atoms with E-state index >= 15 is 0 Å². The van der Waals surface area contributed by atoms with E-state index in [1.165, 1.54) is 12.1 Å². The van der Waals surface area contributed by atoms with Crippen molar-refractivity contribution >= 4 is 11.4 Å². The second-order valence-corrected chi connectivity index (χ2v) is 6.92. The number of halogens is 2. The van der Waals surface area contributed by atoms with Crippen molar-refractivity contribution in [1.82, 2.24) is 4.72 Å². The van der Waals surface area contributed by atoms with Gasteiger partial charge in [0.2, 0.25) is 0 Å². The van der Waals surface area contributed by atoms with Gasteiger partial charge < -0.3 is 4.55 Å². The molecule has 96 valence electrons. The first-order valence-corrected chi connectivity index (χ1v) is 6.49. The Bertz CT molecular complexity index is 372. The third kappa shape index (κ3) is 4.26. The SMILES string of the molecule is C[C@H](N[S@+]([O-])C(C)(C)C)c1cc(F)cc(F)c1. The van der Waals surface area contributed by atoms with Gasteiger partial charge in [0.15, 0.2) is 0 Å². The highest BCUT2D eigenvalue weighted by atomic mass is 32.2. The summed E-state index contributed by atoms with van der Waals surface area (Å²) in [6.07, 6.45) is 0. The normalized spacial score (nSPS) is 15.7. The molecule has 1 N–H and O–H groups in total. The van der Waals surface area contributed by atoms with E-state index in [0.717, 1.165) is 6.07 Å². The molecule has 2 nitrogen and oxygen atoms in total. The number of hydrogen-bond donors (Lipinski definition) is 1. The van der Waals surface area contributed by atoms with E-state index in [-0.39, 0.29) is 6.04 Å². The summed E-state index contributed by atoms with van der Waals surface area (Å²) in [6, 6.07) is 2.92. The van der Waals surface area contributed by atoms with Crippen molar-refractivity contribution in [1.29, 1.82) is 0 Å². The zero-order valence-electron chi connectivity index (χ0n) is 10.4. The molecule has 0 bridgehead atoms. The molecule has 0 aliphatic rings. The molecule has 0 amide bonds. The quantitative estimate of drug-likeness (QED) is 0.849. The molecule has 0 aromatic heterocycles. The molecule has 5 heteroatoms. The molecule has 0 unspecified atom stereocenters. The molecule has 17 heavy (non-hydrogen) atoms. The van der Waals surface area contributed by atoms with Gasteiger partial charge in [0.25, 0.3) is 0 Å². The lowest BCUT2D eigenvalue weighted by Gasteiger charge is -2.26. The molecule has 0 saturated carbocycles. The van der Waals surface area contributed by atoms with Crippen molar-refractivity contribution in [3.63, 3.8) is 0 Å². The second-order valence-electron chi connectivity index (χ2n) is 4.92. The van der Waals surface area contributed by atoms with Crippen LogP contribution >= 0.6 is 0 Å². The summed E-state index contributed by atoms with van der Waals surface area (Å²) in [5, 5.41) is 0. The van der Waals surface area contributed by atoms with Crippen molar-refractivity contribution < 1.29 is 13.3 Å². The van der Waals surface area contributed by atoms with E-state index in [0.29, 0.717) is 5.56 Å². The number of nitrogens with one attached hydrogen (secondary N) is 1. The Morgan fingerprint density at radius 2 is 1.65 bits per heavy atom.